The molecule has 0 fully saturated rings. The van der Waals surface area contributed by atoms with Crippen molar-refractivity contribution in [2.24, 2.45) is 5.92 Å². The third kappa shape index (κ3) is 3.49. The van der Waals surface area contributed by atoms with Crippen LogP contribution in [0.3, 0.4) is 0 Å². The molecule has 21 heavy (non-hydrogen) atoms. The summed E-state index contributed by atoms with van der Waals surface area (Å²) in [6.07, 6.45) is 0.487. The van der Waals surface area contributed by atoms with Crippen molar-refractivity contribution in [2.45, 2.75) is 26.3 Å². The quantitative estimate of drug-likeness (QED) is 0.782. The molecule has 1 heterocycles. The molecule has 1 aromatic heterocycles. The van der Waals surface area contributed by atoms with Gasteiger partial charge in [-0.15, -0.1) is 0 Å². The second-order valence-electron chi connectivity index (χ2n) is 5.43. The number of fused-ring (bicyclic) bond motifs is 1. The summed E-state index contributed by atoms with van der Waals surface area (Å²) in [5, 5.41) is 12.5. The fourth-order valence-electron chi connectivity index (χ4n) is 2.28. The van der Waals surface area contributed by atoms with Crippen LogP contribution in [0, 0.1) is 5.92 Å². The molecule has 0 aliphatic carbocycles. The second-order valence-corrected chi connectivity index (χ2v) is 5.43. The largest absolute Gasteiger partial charge is 0.396 e. The molecule has 0 radical (unpaired) electrons. The van der Waals surface area contributed by atoms with Crippen molar-refractivity contribution < 1.29 is 9.90 Å². The number of amides is 1. The third-order valence-electron chi connectivity index (χ3n) is 3.54. The van der Waals surface area contributed by atoms with Crippen LogP contribution in [-0.4, -0.2) is 28.6 Å². The van der Waals surface area contributed by atoms with Crippen molar-refractivity contribution in [1.29, 1.82) is 0 Å². The van der Waals surface area contributed by atoms with Crippen molar-refractivity contribution in [3.8, 4) is 0 Å². The SMILES string of the molecule is CC(C)C(CCO)NC(=O)c1cc(=O)c2ccccc2[nH]1. The molecule has 2 rings (SSSR count). The van der Waals surface area contributed by atoms with Crippen LogP contribution >= 0.6 is 0 Å². The Bertz CT molecular complexity index is 691. The highest BCUT2D eigenvalue weighted by atomic mass is 16.3. The first kappa shape index (κ1) is 15.3. The van der Waals surface area contributed by atoms with Gasteiger partial charge in [-0.25, -0.2) is 0 Å². The van der Waals surface area contributed by atoms with Gasteiger partial charge in [-0.2, -0.15) is 0 Å². The number of hydrogen-bond donors (Lipinski definition) is 3. The van der Waals surface area contributed by atoms with Crippen molar-refractivity contribution in [3.63, 3.8) is 0 Å². The van der Waals surface area contributed by atoms with Crippen LogP contribution in [0.2, 0.25) is 0 Å². The summed E-state index contributed by atoms with van der Waals surface area (Å²) in [5.41, 5.74) is 0.693. The van der Waals surface area contributed by atoms with E-state index >= 15 is 0 Å². The lowest BCUT2D eigenvalue weighted by atomic mass is 10.0. The zero-order valence-corrected chi connectivity index (χ0v) is 12.2. The van der Waals surface area contributed by atoms with E-state index in [9.17, 15) is 9.59 Å². The van der Waals surface area contributed by atoms with Crippen LogP contribution in [0.4, 0.5) is 0 Å². The Labute approximate surface area is 123 Å². The summed E-state index contributed by atoms with van der Waals surface area (Å²) in [5.74, 6) is -0.127. The molecular weight excluding hydrogens is 268 g/mol. The molecule has 1 aromatic carbocycles. The number of aliphatic hydroxyl groups excluding tert-OH is 1. The lowest BCUT2D eigenvalue weighted by Gasteiger charge is -2.21. The van der Waals surface area contributed by atoms with Gasteiger partial charge in [-0.3, -0.25) is 9.59 Å². The topological polar surface area (TPSA) is 82.2 Å². The minimum atomic E-state index is -0.329. The van der Waals surface area contributed by atoms with E-state index < -0.39 is 0 Å². The zero-order valence-electron chi connectivity index (χ0n) is 12.2. The van der Waals surface area contributed by atoms with Crippen molar-refractivity contribution in [1.82, 2.24) is 10.3 Å². The first-order chi connectivity index (χ1) is 10.0. The number of para-hydroxylation sites is 1. The molecule has 5 nitrogen and oxygen atoms in total. The summed E-state index contributed by atoms with van der Waals surface area (Å²) in [6, 6.07) is 8.27. The average Bonchev–Trinajstić information content (AvgIpc) is 2.46. The Morgan fingerprint density at radius 3 is 2.71 bits per heavy atom. The van der Waals surface area contributed by atoms with Gasteiger partial charge in [0, 0.05) is 29.6 Å². The van der Waals surface area contributed by atoms with Crippen LogP contribution in [-0.2, 0) is 0 Å². The number of benzene rings is 1. The van der Waals surface area contributed by atoms with Gasteiger partial charge in [-0.1, -0.05) is 26.0 Å². The minimum Gasteiger partial charge on any atom is -0.396 e. The van der Waals surface area contributed by atoms with Gasteiger partial charge in [0.25, 0.3) is 5.91 Å². The molecule has 0 saturated heterocycles. The highest BCUT2D eigenvalue weighted by molar-refractivity contribution is 5.95. The standard InChI is InChI=1S/C16H20N2O3/c1-10(2)12(7-8-19)18-16(21)14-9-15(20)11-5-3-4-6-13(11)17-14/h3-6,9-10,12,19H,7-8H2,1-2H3,(H,17,20)(H,18,21). The smallest absolute Gasteiger partial charge is 0.268 e. The molecule has 0 bridgehead atoms. The number of aliphatic hydroxyl groups is 1. The molecule has 1 amide bonds. The lowest BCUT2D eigenvalue weighted by Crippen LogP contribution is -2.39. The maximum absolute atomic E-state index is 12.3. The van der Waals surface area contributed by atoms with Crippen LogP contribution < -0.4 is 10.7 Å². The number of rotatable bonds is 5. The Kier molecular flexibility index (Phi) is 4.75. The summed E-state index contributed by atoms with van der Waals surface area (Å²) >= 11 is 0. The predicted octanol–water partition coefficient (Wildman–Crippen LogP) is 1.66. The number of hydrogen-bond acceptors (Lipinski definition) is 3. The normalized spacial score (nSPS) is 12.6. The molecule has 3 N–H and O–H groups in total. The van der Waals surface area contributed by atoms with E-state index in [0.29, 0.717) is 17.3 Å². The second kappa shape index (κ2) is 6.54. The number of H-pyrrole nitrogens is 1. The first-order valence-corrected chi connectivity index (χ1v) is 7.06. The fraction of sp³-hybridized carbons (Fsp3) is 0.375. The lowest BCUT2D eigenvalue weighted by molar-refractivity contribution is 0.0912. The predicted molar refractivity (Wildman–Crippen MR) is 82.4 cm³/mol. The average molecular weight is 288 g/mol. The molecule has 0 saturated carbocycles. The number of carbonyl (C=O) groups is 1. The van der Waals surface area contributed by atoms with Crippen LogP contribution in [0.1, 0.15) is 30.8 Å². The number of carbonyl (C=O) groups excluding carboxylic acids is 1. The van der Waals surface area contributed by atoms with Gasteiger partial charge in [0.05, 0.1) is 0 Å². The van der Waals surface area contributed by atoms with E-state index in [-0.39, 0.29) is 35.6 Å². The Morgan fingerprint density at radius 1 is 1.33 bits per heavy atom. The molecule has 1 atom stereocenters. The van der Waals surface area contributed by atoms with E-state index in [1.54, 1.807) is 18.2 Å². The molecule has 2 aromatic rings. The number of aromatic nitrogens is 1. The van der Waals surface area contributed by atoms with E-state index in [1.165, 1.54) is 6.07 Å². The maximum atomic E-state index is 12.3. The number of aromatic amines is 1. The zero-order chi connectivity index (χ0) is 15.4. The maximum Gasteiger partial charge on any atom is 0.268 e. The van der Waals surface area contributed by atoms with Crippen LogP contribution in [0.5, 0.6) is 0 Å². The molecule has 0 aliphatic rings. The van der Waals surface area contributed by atoms with Gasteiger partial charge in [0.1, 0.15) is 5.69 Å². The fourth-order valence-corrected chi connectivity index (χ4v) is 2.28. The minimum absolute atomic E-state index is 0.0113. The van der Waals surface area contributed by atoms with Gasteiger partial charge in [0.15, 0.2) is 5.43 Å². The number of nitrogens with one attached hydrogen (secondary N) is 2. The summed E-state index contributed by atoms with van der Waals surface area (Å²) in [7, 11) is 0. The monoisotopic (exact) mass is 288 g/mol. The molecular formula is C16H20N2O3. The van der Waals surface area contributed by atoms with Gasteiger partial charge < -0.3 is 15.4 Å². The van der Waals surface area contributed by atoms with Gasteiger partial charge in [0.2, 0.25) is 0 Å². The van der Waals surface area contributed by atoms with Crippen molar-refractivity contribution in [3.05, 3.63) is 46.2 Å². The molecule has 0 spiro atoms. The van der Waals surface area contributed by atoms with Gasteiger partial charge in [-0.05, 0) is 24.5 Å². The molecule has 1 unspecified atom stereocenters. The summed E-state index contributed by atoms with van der Waals surface area (Å²) in [6.45, 7) is 3.96. The summed E-state index contributed by atoms with van der Waals surface area (Å²) in [4.78, 5) is 27.3. The van der Waals surface area contributed by atoms with Crippen molar-refractivity contribution in [2.75, 3.05) is 6.61 Å². The van der Waals surface area contributed by atoms with E-state index in [2.05, 4.69) is 10.3 Å². The van der Waals surface area contributed by atoms with Crippen molar-refractivity contribution >= 4 is 16.8 Å². The number of pyridine rings is 1. The highest BCUT2D eigenvalue weighted by Gasteiger charge is 2.17. The first-order valence-electron chi connectivity index (χ1n) is 7.06. The molecule has 5 heteroatoms. The highest BCUT2D eigenvalue weighted by Crippen LogP contribution is 2.09. The molecule has 0 aliphatic heterocycles. The van der Waals surface area contributed by atoms with Gasteiger partial charge >= 0.3 is 0 Å². The Morgan fingerprint density at radius 2 is 2.05 bits per heavy atom. The summed E-state index contributed by atoms with van der Waals surface area (Å²) < 4.78 is 0. The Balaban J connectivity index is 2.29. The van der Waals surface area contributed by atoms with E-state index in [0.717, 1.165) is 0 Å². The van der Waals surface area contributed by atoms with Crippen LogP contribution in [0.25, 0.3) is 10.9 Å². The third-order valence-corrected chi connectivity index (χ3v) is 3.54. The molecule has 112 valence electrons. The van der Waals surface area contributed by atoms with Crippen LogP contribution in [0.15, 0.2) is 35.1 Å². The Hall–Kier alpha value is -2.14. The van der Waals surface area contributed by atoms with E-state index in [1.807, 2.05) is 19.9 Å². The van der Waals surface area contributed by atoms with E-state index in [4.69, 9.17) is 5.11 Å².